The molecular formula is C24H30F9N3O8. The second-order valence-electron chi connectivity index (χ2n) is 9.47. The van der Waals surface area contributed by atoms with E-state index in [-0.39, 0.29) is 0 Å². The Labute approximate surface area is 244 Å². The number of ether oxygens (including phenoxy) is 2. The highest BCUT2D eigenvalue weighted by Gasteiger charge is 2.40. The number of aliphatic carboxylic acids is 3. The number of carboxylic acids is 3. The number of likely N-dealkylation sites (tertiary alicyclic amines) is 1. The summed E-state index contributed by atoms with van der Waals surface area (Å²) in [6.07, 6.45) is -8.66. The Kier molecular flexibility index (Phi) is 15.3. The maximum atomic E-state index is 10.6. The smallest absolute Gasteiger partial charge is 0.475 e. The summed E-state index contributed by atoms with van der Waals surface area (Å²) in [6.45, 7) is 8.16. The number of piperidine rings is 1. The Morgan fingerprint density at radius 2 is 1.30 bits per heavy atom. The summed E-state index contributed by atoms with van der Waals surface area (Å²) in [4.78, 5) is 36.0. The summed E-state index contributed by atoms with van der Waals surface area (Å²) in [5.41, 5.74) is 1.35. The van der Waals surface area contributed by atoms with Gasteiger partial charge in [0.1, 0.15) is 0 Å². The number of carboxylic acid groups (broad SMARTS) is 3. The van der Waals surface area contributed by atoms with Crippen LogP contribution in [0.5, 0.6) is 0 Å². The van der Waals surface area contributed by atoms with Crippen molar-refractivity contribution < 1.29 is 78.7 Å². The number of fused-ring (bicyclic) bond motifs is 1. The molecule has 44 heavy (non-hydrogen) atoms. The summed E-state index contributed by atoms with van der Waals surface area (Å²) in [5, 5.41) is 21.4. The van der Waals surface area contributed by atoms with Crippen molar-refractivity contribution in [1.29, 1.82) is 0 Å². The summed E-state index contributed by atoms with van der Waals surface area (Å²) in [5.74, 6) is -7.61. The molecule has 1 aromatic heterocycles. The van der Waals surface area contributed by atoms with Gasteiger partial charge < -0.3 is 24.8 Å². The molecule has 3 saturated heterocycles. The van der Waals surface area contributed by atoms with Crippen molar-refractivity contribution in [2.45, 2.75) is 50.1 Å². The molecule has 0 saturated carbocycles. The van der Waals surface area contributed by atoms with Crippen molar-refractivity contribution >= 4 is 17.9 Å². The quantitative estimate of drug-likeness (QED) is 0.411. The molecule has 1 aromatic rings. The predicted octanol–water partition coefficient (Wildman–Crippen LogP) is 3.29. The molecule has 0 radical (unpaired) electrons. The molecule has 3 fully saturated rings. The zero-order valence-electron chi connectivity index (χ0n) is 22.7. The number of rotatable bonds is 3. The minimum Gasteiger partial charge on any atom is -0.475 e. The van der Waals surface area contributed by atoms with Crippen LogP contribution in [0.1, 0.15) is 18.4 Å². The van der Waals surface area contributed by atoms with E-state index in [2.05, 4.69) is 26.9 Å². The molecule has 4 heterocycles. The van der Waals surface area contributed by atoms with Crippen molar-refractivity contribution in [2.75, 3.05) is 46.0 Å². The van der Waals surface area contributed by atoms with E-state index in [1.807, 2.05) is 12.4 Å². The monoisotopic (exact) mass is 659 g/mol. The molecule has 3 atom stereocenters. The van der Waals surface area contributed by atoms with Gasteiger partial charge in [-0.1, -0.05) is 0 Å². The zero-order chi connectivity index (χ0) is 33.7. The van der Waals surface area contributed by atoms with Crippen LogP contribution in [0.15, 0.2) is 24.5 Å². The fourth-order valence-electron chi connectivity index (χ4n) is 4.17. The molecule has 11 nitrogen and oxygen atoms in total. The van der Waals surface area contributed by atoms with Crippen molar-refractivity contribution in [3.63, 3.8) is 0 Å². The summed E-state index contributed by atoms with van der Waals surface area (Å²) < 4.78 is 107. The summed E-state index contributed by atoms with van der Waals surface area (Å²) >= 11 is 0. The minimum absolute atomic E-state index is 0.395. The molecule has 0 bridgehead atoms. The van der Waals surface area contributed by atoms with Crippen LogP contribution in [-0.2, 0) is 30.4 Å². The lowest BCUT2D eigenvalue weighted by molar-refractivity contribution is -0.193. The van der Waals surface area contributed by atoms with E-state index in [0.717, 1.165) is 46.0 Å². The van der Waals surface area contributed by atoms with Crippen LogP contribution in [0.4, 0.5) is 39.5 Å². The van der Waals surface area contributed by atoms with Gasteiger partial charge in [0.2, 0.25) is 0 Å². The fraction of sp³-hybridized carbons (Fsp3) is 0.667. The normalized spacial score (nSPS) is 22.8. The summed E-state index contributed by atoms with van der Waals surface area (Å²) in [7, 11) is 0. The molecule has 0 aromatic carbocycles. The number of carbonyl (C=O) groups is 3. The van der Waals surface area contributed by atoms with Gasteiger partial charge >= 0.3 is 36.4 Å². The third-order valence-corrected chi connectivity index (χ3v) is 6.26. The minimum atomic E-state index is -5.08. The van der Waals surface area contributed by atoms with Crippen LogP contribution in [0, 0.1) is 5.92 Å². The van der Waals surface area contributed by atoms with Crippen LogP contribution in [0.25, 0.3) is 0 Å². The first kappa shape index (κ1) is 38.8. The van der Waals surface area contributed by atoms with Gasteiger partial charge in [-0.15, -0.1) is 0 Å². The van der Waals surface area contributed by atoms with E-state index in [0.29, 0.717) is 18.1 Å². The highest BCUT2D eigenvalue weighted by molar-refractivity contribution is 5.73. The molecule has 0 amide bonds. The maximum Gasteiger partial charge on any atom is 0.490 e. The standard InChI is InChI=1S/C18H27N3O2.3C2HF3O2/c1-5-19-6-2-15(1)11-20-8-10-23-18-13-21(7-3-16(18)12-20)17-4-9-22-14-17;3*3-2(4,5)1(6)7/h1-2,5-6,16-18H,3-4,7-14H2;3*(H,6,7)/t16-,17?,18-;;;/m1.../s1. The zero-order valence-corrected chi connectivity index (χ0v) is 22.7. The van der Waals surface area contributed by atoms with Gasteiger partial charge in [0.25, 0.3) is 0 Å². The number of nitrogens with zero attached hydrogens (tertiary/aromatic N) is 3. The van der Waals surface area contributed by atoms with Crippen LogP contribution in [-0.4, -0.2) is 125 Å². The molecule has 252 valence electrons. The van der Waals surface area contributed by atoms with E-state index >= 15 is 0 Å². The first-order valence-corrected chi connectivity index (χ1v) is 12.7. The largest absolute Gasteiger partial charge is 0.490 e. The predicted molar refractivity (Wildman–Crippen MR) is 129 cm³/mol. The average Bonchev–Trinajstić information content (AvgIpc) is 3.37. The highest BCUT2D eigenvalue weighted by Crippen LogP contribution is 2.27. The molecule has 3 aliphatic rings. The second kappa shape index (κ2) is 17.3. The third-order valence-electron chi connectivity index (χ3n) is 6.26. The third kappa shape index (κ3) is 15.0. The van der Waals surface area contributed by atoms with Crippen molar-refractivity contribution in [3.05, 3.63) is 30.1 Å². The average molecular weight is 659 g/mol. The molecule has 4 rings (SSSR count). The molecule has 3 N–H and O–H groups in total. The van der Waals surface area contributed by atoms with Crippen LogP contribution >= 0.6 is 0 Å². The van der Waals surface area contributed by atoms with E-state index in [1.54, 1.807) is 0 Å². The molecule has 0 aliphatic carbocycles. The molecule has 0 spiro atoms. The highest BCUT2D eigenvalue weighted by atomic mass is 19.4. The van der Waals surface area contributed by atoms with Crippen LogP contribution in [0.3, 0.4) is 0 Å². The number of hydrogen-bond donors (Lipinski definition) is 3. The first-order chi connectivity index (χ1) is 20.2. The second-order valence-corrected chi connectivity index (χ2v) is 9.47. The lowest BCUT2D eigenvalue weighted by atomic mass is 9.92. The van der Waals surface area contributed by atoms with E-state index in [9.17, 15) is 39.5 Å². The maximum absolute atomic E-state index is 10.6. The van der Waals surface area contributed by atoms with Gasteiger partial charge in [0.05, 0.1) is 19.3 Å². The van der Waals surface area contributed by atoms with Gasteiger partial charge in [-0.2, -0.15) is 39.5 Å². The Balaban J connectivity index is 0.000000379. The molecule has 3 aliphatic heterocycles. The van der Waals surface area contributed by atoms with Gasteiger partial charge in [0, 0.05) is 57.1 Å². The topological polar surface area (TPSA) is 150 Å². The van der Waals surface area contributed by atoms with Gasteiger partial charge in [0.15, 0.2) is 0 Å². The Bertz CT molecular complexity index is 979. The number of alkyl halides is 9. The molecular weight excluding hydrogens is 629 g/mol. The lowest BCUT2D eigenvalue weighted by Crippen LogP contribution is -2.50. The van der Waals surface area contributed by atoms with Gasteiger partial charge in [-0.25, -0.2) is 14.4 Å². The fourth-order valence-corrected chi connectivity index (χ4v) is 4.17. The number of hydrogen-bond acceptors (Lipinski definition) is 8. The number of pyridine rings is 1. The van der Waals surface area contributed by atoms with Gasteiger partial charge in [-0.05, 0) is 37.1 Å². The lowest BCUT2D eigenvalue weighted by Gasteiger charge is -2.40. The molecule has 20 heteroatoms. The summed E-state index contributed by atoms with van der Waals surface area (Å²) in [6, 6.07) is 4.86. The van der Waals surface area contributed by atoms with Crippen molar-refractivity contribution in [2.24, 2.45) is 5.92 Å². The number of aromatic nitrogens is 1. The van der Waals surface area contributed by atoms with E-state index < -0.39 is 36.4 Å². The SMILES string of the molecule is O=C(O)C(F)(F)F.O=C(O)C(F)(F)F.O=C(O)C(F)(F)F.c1cc(CN2CCO[C@@H]3CN(C4CCOC4)CC[C@@H]3C2)ccn1. The van der Waals surface area contributed by atoms with Gasteiger partial charge in [-0.3, -0.25) is 14.8 Å². The number of halogens is 9. The Morgan fingerprint density at radius 1 is 0.795 bits per heavy atom. The van der Waals surface area contributed by atoms with E-state index in [4.69, 9.17) is 39.2 Å². The Morgan fingerprint density at radius 3 is 1.73 bits per heavy atom. The Hall–Kier alpha value is -3.23. The van der Waals surface area contributed by atoms with Crippen molar-refractivity contribution in [3.8, 4) is 0 Å². The molecule has 1 unspecified atom stereocenters. The van der Waals surface area contributed by atoms with Crippen LogP contribution < -0.4 is 0 Å². The first-order valence-electron chi connectivity index (χ1n) is 12.7. The van der Waals surface area contributed by atoms with E-state index in [1.165, 1.54) is 24.9 Å². The van der Waals surface area contributed by atoms with Crippen LogP contribution in [0.2, 0.25) is 0 Å². The van der Waals surface area contributed by atoms with Crippen molar-refractivity contribution in [1.82, 2.24) is 14.8 Å².